The number of H-pyrrole nitrogens is 1. The molecule has 212 valence electrons. The maximum Gasteiger partial charge on any atom is 0.230 e. The van der Waals surface area contributed by atoms with E-state index in [1.165, 1.54) is 24.4 Å². The van der Waals surface area contributed by atoms with Crippen molar-refractivity contribution in [3.63, 3.8) is 0 Å². The number of aromatic amines is 1. The van der Waals surface area contributed by atoms with Gasteiger partial charge in [-0.15, -0.1) is 0 Å². The molecule has 5 rings (SSSR count). The van der Waals surface area contributed by atoms with Gasteiger partial charge in [0.25, 0.3) is 0 Å². The normalized spacial score (nSPS) is 16.9. The Labute approximate surface area is 229 Å². The lowest BCUT2D eigenvalue weighted by atomic mass is 10.1. The molecule has 2 aromatic heterocycles. The van der Waals surface area contributed by atoms with Crippen LogP contribution in [0, 0.1) is 12.7 Å². The topological polar surface area (TPSA) is 150 Å². The maximum absolute atomic E-state index is 15.1. The minimum Gasteiger partial charge on any atom is -0.493 e. The van der Waals surface area contributed by atoms with Gasteiger partial charge in [0, 0.05) is 42.2 Å². The molecule has 1 unspecified atom stereocenters. The second kappa shape index (κ2) is 11.6. The van der Waals surface area contributed by atoms with E-state index < -0.39 is 24.1 Å². The molecular weight excluding hydrogens is 523 g/mol. The van der Waals surface area contributed by atoms with Crippen LogP contribution in [0.25, 0.3) is 21.8 Å². The number of ether oxygens (including phenoxy) is 3. The van der Waals surface area contributed by atoms with Gasteiger partial charge >= 0.3 is 0 Å². The van der Waals surface area contributed by atoms with Crippen LogP contribution in [0.3, 0.4) is 0 Å². The Morgan fingerprint density at radius 1 is 1.15 bits per heavy atom. The summed E-state index contributed by atoms with van der Waals surface area (Å²) in [7, 11) is 1.45. The average molecular weight is 555 g/mol. The molecule has 2 aromatic carbocycles. The van der Waals surface area contributed by atoms with Crippen molar-refractivity contribution in [3.8, 4) is 23.1 Å². The van der Waals surface area contributed by atoms with E-state index in [0.717, 1.165) is 5.69 Å². The van der Waals surface area contributed by atoms with Crippen LogP contribution in [-0.4, -0.2) is 86.2 Å². The lowest BCUT2D eigenvalue weighted by Gasteiger charge is -2.20. The van der Waals surface area contributed by atoms with E-state index in [1.807, 2.05) is 6.92 Å². The van der Waals surface area contributed by atoms with Crippen LogP contribution in [-0.2, 0) is 4.79 Å². The second-order valence-electron chi connectivity index (χ2n) is 9.93. The summed E-state index contributed by atoms with van der Waals surface area (Å²) in [5.41, 5.74) is 1.92. The first kappa shape index (κ1) is 27.6. The van der Waals surface area contributed by atoms with Crippen LogP contribution in [0.15, 0.2) is 36.7 Å². The highest BCUT2D eigenvalue weighted by molar-refractivity contribution is 5.87. The van der Waals surface area contributed by atoms with Crippen LogP contribution in [0.4, 0.5) is 4.39 Å². The molecule has 1 amide bonds. The van der Waals surface area contributed by atoms with Crippen LogP contribution >= 0.6 is 0 Å². The molecule has 3 atom stereocenters. The molecule has 12 heteroatoms. The molecule has 3 heterocycles. The zero-order valence-corrected chi connectivity index (χ0v) is 22.1. The SMILES string of the molecule is COc1cc2c(Oc3ccc4[nH]c(C)cc4c3F)ncnc2cc1OC[C@@H](O)C[C@@H](O)CC(=O)N1CCC(O)C1. The molecule has 1 fully saturated rings. The van der Waals surface area contributed by atoms with Crippen molar-refractivity contribution in [1.29, 1.82) is 0 Å². The molecule has 0 bridgehead atoms. The number of aliphatic hydroxyl groups is 3. The first-order chi connectivity index (χ1) is 19.2. The van der Waals surface area contributed by atoms with E-state index in [9.17, 15) is 20.1 Å². The number of hydrogen-bond acceptors (Lipinski definition) is 9. The summed E-state index contributed by atoms with van der Waals surface area (Å²) in [6.07, 6.45) is -1.09. The number of aliphatic hydroxyl groups excluding tert-OH is 3. The van der Waals surface area contributed by atoms with Crippen molar-refractivity contribution < 1.29 is 38.7 Å². The summed E-state index contributed by atoms with van der Waals surface area (Å²) in [6.45, 7) is 2.37. The number of β-amino-alcohol motifs (C(OH)–C–C–N with tert-alkyl or cyclic N) is 1. The van der Waals surface area contributed by atoms with Crippen molar-refractivity contribution >= 4 is 27.7 Å². The van der Waals surface area contributed by atoms with Crippen molar-refractivity contribution in [1.82, 2.24) is 19.9 Å². The van der Waals surface area contributed by atoms with Gasteiger partial charge in [-0.05, 0) is 37.6 Å². The van der Waals surface area contributed by atoms with Gasteiger partial charge < -0.3 is 39.4 Å². The quantitative estimate of drug-likeness (QED) is 0.232. The molecule has 4 aromatic rings. The summed E-state index contributed by atoms with van der Waals surface area (Å²) in [5, 5.41) is 31.1. The lowest BCUT2D eigenvalue weighted by Crippen LogP contribution is -2.34. The van der Waals surface area contributed by atoms with E-state index >= 15 is 4.39 Å². The van der Waals surface area contributed by atoms with E-state index in [4.69, 9.17) is 14.2 Å². The third-order valence-electron chi connectivity index (χ3n) is 6.83. The molecule has 0 aliphatic carbocycles. The Morgan fingerprint density at radius 3 is 2.73 bits per heavy atom. The minimum absolute atomic E-state index is 0.00636. The number of benzene rings is 2. The summed E-state index contributed by atoms with van der Waals surface area (Å²) in [6, 6.07) is 8.14. The smallest absolute Gasteiger partial charge is 0.230 e. The number of aryl methyl sites for hydroxylation is 1. The molecule has 1 saturated heterocycles. The third-order valence-corrected chi connectivity index (χ3v) is 6.83. The first-order valence-corrected chi connectivity index (χ1v) is 12.9. The third kappa shape index (κ3) is 5.93. The van der Waals surface area contributed by atoms with Crippen LogP contribution < -0.4 is 14.2 Å². The number of fused-ring (bicyclic) bond motifs is 2. The van der Waals surface area contributed by atoms with Crippen LogP contribution in [0.1, 0.15) is 25.0 Å². The van der Waals surface area contributed by atoms with Gasteiger partial charge in [-0.25, -0.2) is 14.4 Å². The molecule has 0 radical (unpaired) electrons. The van der Waals surface area contributed by atoms with Gasteiger partial charge in [0.1, 0.15) is 12.9 Å². The predicted molar refractivity (Wildman–Crippen MR) is 143 cm³/mol. The van der Waals surface area contributed by atoms with Gasteiger partial charge in [0.15, 0.2) is 23.1 Å². The zero-order chi connectivity index (χ0) is 28.4. The molecule has 11 nitrogen and oxygen atoms in total. The highest BCUT2D eigenvalue weighted by Crippen LogP contribution is 2.37. The fourth-order valence-electron chi connectivity index (χ4n) is 4.82. The molecule has 0 spiro atoms. The number of rotatable bonds is 10. The number of aromatic nitrogens is 3. The summed E-state index contributed by atoms with van der Waals surface area (Å²) in [4.78, 5) is 25.3. The van der Waals surface area contributed by atoms with Gasteiger partial charge in [-0.1, -0.05) is 0 Å². The van der Waals surface area contributed by atoms with Crippen molar-refractivity contribution in [3.05, 3.63) is 48.2 Å². The van der Waals surface area contributed by atoms with Gasteiger partial charge in [-0.3, -0.25) is 4.79 Å². The minimum atomic E-state index is -1.07. The van der Waals surface area contributed by atoms with Crippen LogP contribution in [0.5, 0.6) is 23.1 Å². The Bertz CT molecular complexity index is 1530. The first-order valence-electron chi connectivity index (χ1n) is 12.9. The Kier molecular flexibility index (Phi) is 8.01. The number of halogens is 1. The number of nitrogens with one attached hydrogen (secondary N) is 1. The number of carbonyl (C=O) groups excluding carboxylic acids is 1. The van der Waals surface area contributed by atoms with Gasteiger partial charge in [-0.2, -0.15) is 0 Å². The molecule has 1 aliphatic rings. The number of amides is 1. The Balaban J connectivity index is 1.26. The number of likely N-dealkylation sites (tertiary alicyclic amines) is 1. The molecule has 1 aliphatic heterocycles. The maximum atomic E-state index is 15.1. The van der Waals surface area contributed by atoms with E-state index in [1.54, 1.807) is 24.3 Å². The monoisotopic (exact) mass is 554 g/mol. The lowest BCUT2D eigenvalue weighted by molar-refractivity contribution is -0.133. The molecule has 40 heavy (non-hydrogen) atoms. The molecular formula is C28H31FN4O7. The standard InChI is InChI=1S/C28H31FN4O7/c1-15-7-19-21(32-15)3-4-23(27(19)29)40-28-20-10-24(38-2)25(11-22(20)30-14-31-28)39-13-18(36)8-17(35)9-26(37)33-6-5-16(34)12-33/h3-4,7,10-11,14,16-18,32,34-36H,5-6,8-9,12-13H2,1-2H3/t16?,17-,18+/m1/s1. The predicted octanol–water partition coefficient (Wildman–Crippen LogP) is 2.83. The number of methoxy groups -OCH3 is 1. The molecule has 4 N–H and O–H groups in total. The summed E-state index contributed by atoms with van der Waals surface area (Å²) >= 11 is 0. The Morgan fingerprint density at radius 2 is 1.98 bits per heavy atom. The highest BCUT2D eigenvalue weighted by Gasteiger charge is 2.27. The van der Waals surface area contributed by atoms with Crippen molar-refractivity contribution in [2.45, 2.75) is 44.5 Å². The van der Waals surface area contributed by atoms with E-state index in [0.29, 0.717) is 40.5 Å². The summed E-state index contributed by atoms with van der Waals surface area (Å²) < 4.78 is 32.2. The number of nitrogens with zero attached hydrogens (tertiary/aromatic N) is 3. The van der Waals surface area contributed by atoms with Gasteiger partial charge in [0.2, 0.25) is 11.8 Å². The number of hydrogen-bond donors (Lipinski definition) is 4. The zero-order valence-electron chi connectivity index (χ0n) is 22.1. The summed E-state index contributed by atoms with van der Waals surface area (Å²) in [5.74, 6) is -0.0679. The molecule has 0 saturated carbocycles. The van der Waals surface area contributed by atoms with Gasteiger partial charge in [0.05, 0.1) is 42.7 Å². The van der Waals surface area contributed by atoms with Crippen molar-refractivity contribution in [2.75, 3.05) is 26.8 Å². The Hall–Kier alpha value is -4.00. The number of carbonyl (C=O) groups is 1. The fraction of sp³-hybridized carbons (Fsp3) is 0.393. The highest BCUT2D eigenvalue weighted by atomic mass is 19.1. The van der Waals surface area contributed by atoms with E-state index in [2.05, 4.69) is 15.0 Å². The average Bonchev–Trinajstić information content (AvgIpc) is 3.54. The largest absolute Gasteiger partial charge is 0.493 e. The van der Waals surface area contributed by atoms with Crippen LogP contribution in [0.2, 0.25) is 0 Å². The van der Waals surface area contributed by atoms with Crippen molar-refractivity contribution in [2.24, 2.45) is 0 Å². The van der Waals surface area contributed by atoms with E-state index in [-0.39, 0.29) is 49.3 Å². The second-order valence-corrected chi connectivity index (χ2v) is 9.93. The fourth-order valence-corrected chi connectivity index (χ4v) is 4.82.